The smallest absolute Gasteiger partial charge is 0.332 e. The second-order valence-electron chi connectivity index (χ2n) is 3.43. The van der Waals surface area contributed by atoms with Crippen molar-refractivity contribution in [1.29, 1.82) is 0 Å². The number of hydrogen-bond acceptors (Lipinski definition) is 4. The quantitative estimate of drug-likeness (QED) is 0.695. The first-order chi connectivity index (χ1) is 7.43. The van der Waals surface area contributed by atoms with Crippen LogP contribution in [0.5, 0.6) is 0 Å². The Morgan fingerprint density at radius 3 is 2.56 bits per heavy atom. The lowest BCUT2D eigenvalue weighted by atomic mass is 10.3. The highest BCUT2D eigenvalue weighted by atomic mass is 35.5. The molecule has 2 N–H and O–H groups in total. The topological polar surface area (TPSA) is 82.9 Å². The monoisotopic (exact) mass is 240 g/mol. The van der Waals surface area contributed by atoms with Crippen molar-refractivity contribution in [3.63, 3.8) is 0 Å². The van der Waals surface area contributed by atoms with Gasteiger partial charge in [-0.3, -0.25) is 13.9 Å². The van der Waals surface area contributed by atoms with Crippen molar-refractivity contribution in [1.82, 2.24) is 14.1 Å². The van der Waals surface area contributed by atoms with Crippen molar-refractivity contribution < 1.29 is 0 Å². The van der Waals surface area contributed by atoms with Crippen LogP contribution in [0.15, 0.2) is 15.7 Å². The van der Waals surface area contributed by atoms with Crippen LogP contribution in [-0.2, 0) is 14.1 Å². The summed E-state index contributed by atoms with van der Waals surface area (Å²) in [6.07, 6.45) is 0. The van der Waals surface area contributed by atoms with Crippen LogP contribution in [-0.4, -0.2) is 14.1 Å². The molecule has 0 aliphatic rings. The summed E-state index contributed by atoms with van der Waals surface area (Å²) in [5.41, 5.74) is 4.76. The maximum Gasteiger partial charge on any atom is 0.332 e. The van der Waals surface area contributed by atoms with Gasteiger partial charge in [0.15, 0.2) is 5.65 Å². The van der Waals surface area contributed by atoms with Crippen molar-refractivity contribution in [2.75, 3.05) is 5.73 Å². The van der Waals surface area contributed by atoms with Gasteiger partial charge in [-0.25, -0.2) is 9.78 Å². The van der Waals surface area contributed by atoms with Crippen LogP contribution in [0.1, 0.15) is 0 Å². The predicted molar refractivity (Wildman–Crippen MR) is 61.6 cm³/mol. The molecule has 2 aromatic rings. The van der Waals surface area contributed by atoms with Gasteiger partial charge in [-0.1, -0.05) is 11.6 Å². The highest BCUT2D eigenvalue weighted by Crippen LogP contribution is 2.19. The van der Waals surface area contributed by atoms with Crippen molar-refractivity contribution in [3.05, 3.63) is 31.9 Å². The van der Waals surface area contributed by atoms with Crippen LogP contribution in [0.4, 0.5) is 5.82 Å². The third-order valence-corrected chi connectivity index (χ3v) is 2.68. The van der Waals surface area contributed by atoms with Gasteiger partial charge in [0, 0.05) is 14.1 Å². The molecule has 6 nitrogen and oxygen atoms in total. The van der Waals surface area contributed by atoms with Crippen molar-refractivity contribution in [2.45, 2.75) is 0 Å². The molecule has 0 radical (unpaired) electrons. The fourth-order valence-corrected chi connectivity index (χ4v) is 1.81. The summed E-state index contributed by atoms with van der Waals surface area (Å²) in [4.78, 5) is 27.4. The summed E-state index contributed by atoms with van der Waals surface area (Å²) >= 11 is 5.92. The molecule has 0 atom stereocenters. The van der Waals surface area contributed by atoms with Gasteiger partial charge in [-0.15, -0.1) is 0 Å². The van der Waals surface area contributed by atoms with Crippen molar-refractivity contribution in [2.24, 2.45) is 14.1 Å². The standard InChI is InChI=1S/C9H9ClN4O2/c1-13-7-6(4(10)3-5(11)12-7)8(15)14(2)9(13)16/h3H,1-2H3,(H2,11,12). The fourth-order valence-electron chi connectivity index (χ4n) is 1.53. The molecule has 2 heterocycles. The van der Waals surface area contributed by atoms with Gasteiger partial charge >= 0.3 is 5.69 Å². The molecule has 2 aromatic heterocycles. The van der Waals surface area contributed by atoms with Gasteiger partial charge in [0.1, 0.15) is 11.2 Å². The maximum absolute atomic E-state index is 11.8. The van der Waals surface area contributed by atoms with E-state index in [9.17, 15) is 9.59 Å². The van der Waals surface area contributed by atoms with Crippen molar-refractivity contribution >= 4 is 28.5 Å². The first-order valence-corrected chi connectivity index (χ1v) is 4.83. The summed E-state index contributed by atoms with van der Waals surface area (Å²) in [6, 6.07) is 1.38. The molecular weight excluding hydrogens is 232 g/mol. The minimum atomic E-state index is -0.476. The van der Waals surface area contributed by atoms with Gasteiger partial charge in [-0.2, -0.15) is 0 Å². The lowest BCUT2D eigenvalue weighted by molar-refractivity contribution is 0.708. The van der Waals surface area contributed by atoms with Crippen LogP contribution >= 0.6 is 11.6 Å². The number of nitrogen functional groups attached to an aromatic ring is 1. The van der Waals surface area contributed by atoms with Crippen LogP contribution in [0, 0.1) is 0 Å². The maximum atomic E-state index is 11.8. The van der Waals surface area contributed by atoms with E-state index in [1.54, 1.807) is 0 Å². The molecule has 0 fully saturated rings. The van der Waals surface area contributed by atoms with E-state index in [0.29, 0.717) is 0 Å². The average molecular weight is 241 g/mol. The Balaban J connectivity index is 3.22. The van der Waals surface area contributed by atoms with E-state index in [4.69, 9.17) is 17.3 Å². The molecule has 84 valence electrons. The summed E-state index contributed by atoms with van der Waals surface area (Å²) in [6.45, 7) is 0. The second kappa shape index (κ2) is 3.34. The number of pyridine rings is 1. The zero-order chi connectivity index (χ0) is 12.0. The highest BCUT2D eigenvalue weighted by molar-refractivity contribution is 6.35. The summed E-state index contributed by atoms with van der Waals surface area (Å²) < 4.78 is 2.21. The Hall–Kier alpha value is -1.82. The third-order valence-electron chi connectivity index (χ3n) is 2.38. The average Bonchev–Trinajstić information content (AvgIpc) is 2.22. The van der Waals surface area contributed by atoms with Crippen LogP contribution in [0.3, 0.4) is 0 Å². The molecule has 16 heavy (non-hydrogen) atoms. The summed E-state index contributed by atoms with van der Waals surface area (Å²) in [5, 5.41) is 0.388. The number of nitrogens with two attached hydrogens (primary N) is 1. The van der Waals surface area contributed by atoms with Gasteiger partial charge in [0.25, 0.3) is 5.56 Å². The molecule has 0 bridgehead atoms. The Morgan fingerprint density at radius 2 is 1.94 bits per heavy atom. The SMILES string of the molecule is Cn1c(=O)c2c(Cl)cc(N)nc2n(C)c1=O. The Morgan fingerprint density at radius 1 is 1.31 bits per heavy atom. The number of nitrogens with zero attached hydrogens (tertiary/aromatic N) is 3. The molecule has 0 unspecified atom stereocenters. The van der Waals surface area contributed by atoms with Crippen LogP contribution < -0.4 is 17.0 Å². The van der Waals surface area contributed by atoms with E-state index in [2.05, 4.69) is 4.98 Å². The minimum absolute atomic E-state index is 0.167. The molecule has 0 saturated heterocycles. The number of aryl methyl sites for hydroxylation is 1. The zero-order valence-corrected chi connectivity index (χ0v) is 9.45. The van der Waals surface area contributed by atoms with E-state index < -0.39 is 11.2 Å². The zero-order valence-electron chi connectivity index (χ0n) is 8.69. The van der Waals surface area contributed by atoms with Gasteiger partial charge < -0.3 is 5.73 Å². The Bertz CT molecular complexity index is 701. The normalized spacial score (nSPS) is 10.9. The molecule has 2 rings (SSSR count). The van der Waals surface area contributed by atoms with Crippen LogP contribution in [0.25, 0.3) is 11.0 Å². The first-order valence-electron chi connectivity index (χ1n) is 4.45. The molecule has 0 saturated carbocycles. The van der Waals surface area contributed by atoms with Crippen molar-refractivity contribution in [3.8, 4) is 0 Å². The number of rotatable bonds is 0. The Labute approximate surface area is 94.9 Å². The lowest BCUT2D eigenvalue weighted by Crippen LogP contribution is -2.37. The fraction of sp³-hybridized carbons (Fsp3) is 0.222. The predicted octanol–water partition coefficient (Wildman–Crippen LogP) is -0.132. The van der Waals surface area contributed by atoms with Gasteiger partial charge in [0.2, 0.25) is 0 Å². The van der Waals surface area contributed by atoms with E-state index in [1.165, 1.54) is 24.7 Å². The molecule has 0 spiro atoms. The van der Waals surface area contributed by atoms with Gasteiger partial charge in [-0.05, 0) is 6.07 Å². The number of anilines is 1. The third kappa shape index (κ3) is 1.30. The van der Waals surface area contributed by atoms with Gasteiger partial charge in [0.05, 0.1) is 5.02 Å². The molecule has 0 amide bonds. The summed E-state index contributed by atoms with van der Waals surface area (Å²) in [7, 11) is 2.89. The molecule has 0 aliphatic heterocycles. The molecule has 0 aromatic carbocycles. The highest BCUT2D eigenvalue weighted by Gasteiger charge is 2.13. The molecule has 7 heteroatoms. The number of fused-ring (bicyclic) bond motifs is 1. The molecular formula is C9H9ClN4O2. The first kappa shape index (κ1) is 10.7. The number of aromatic nitrogens is 3. The summed E-state index contributed by atoms with van der Waals surface area (Å²) in [5.74, 6) is 0.167. The number of halogens is 1. The van der Waals surface area contributed by atoms with Crippen LogP contribution in [0.2, 0.25) is 5.02 Å². The van der Waals surface area contributed by atoms with E-state index in [1.807, 2.05) is 0 Å². The molecule has 0 aliphatic carbocycles. The minimum Gasteiger partial charge on any atom is -0.384 e. The number of hydrogen-bond donors (Lipinski definition) is 1. The Kier molecular flexibility index (Phi) is 2.23. The lowest BCUT2D eigenvalue weighted by Gasteiger charge is -2.07. The second-order valence-corrected chi connectivity index (χ2v) is 3.84. The van der Waals surface area contributed by atoms with E-state index in [-0.39, 0.29) is 21.9 Å². The van der Waals surface area contributed by atoms with E-state index >= 15 is 0 Å². The van der Waals surface area contributed by atoms with E-state index in [0.717, 1.165) is 4.57 Å². The largest absolute Gasteiger partial charge is 0.384 e.